The molecule has 2 rings (SSSR count). The highest BCUT2D eigenvalue weighted by atomic mass is 35.5. The van der Waals surface area contributed by atoms with Crippen LogP contribution in [0.25, 0.3) is 0 Å². The van der Waals surface area contributed by atoms with Gasteiger partial charge in [-0.05, 0) is 24.7 Å². The van der Waals surface area contributed by atoms with E-state index in [1.807, 2.05) is 38.2 Å². The number of rotatable bonds is 5. The number of nitrogen functional groups attached to an aromatic ring is 1. The van der Waals surface area contributed by atoms with Gasteiger partial charge in [0.25, 0.3) is 0 Å². The van der Waals surface area contributed by atoms with Gasteiger partial charge in [0, 0.05) is 30.7 Å². The van der Waals surface area contributed by atoms with Gasteiger partial charge in [0.05, 0.1) is 6.54 Å². The first-order chi connectivity index (χ1) is 10.3. The van der Waals surface area contributed by atoms with Crippen molar-refractivity contribution in [3.8, 4) is 0 Å². The van der Waals surface area contributed by atoms with Gasteiger partial charge >= 0.3 is 0 Å². The summed E-state index contributed by atoms with van der Waals surface area (Å²) in [5.41, 5.74) is 6.71. The van der Waals surface area contributed by atoms with Gasteiger partial charge in [-0.1, -0.05) is 29.3 Å². The molecule has 2 aromatic rings. The molecule has 0 saturated heterocycles. The van der Waals surface area contributed by atoms with Crippen molar-refractivity contribution in [2.45, 2.75) is 13.1 Å². The highest BCUT2D eigenvalue weighted by molar-refractivity contribution is 6.35. The molecule has 2 N–H and O–H groups in total. The van der Waals surface area contributed by atoms with Crippen LogP contribution in [0.15, 0.2) is 18.2 Å². The largest absolute Gasteiger partial charge is 0.368 e. The average Bonchev–Trinajstić information content (AvgIpc) is 2.41. The van der Waals surface area contributed by atoms with Gasteiger partial charge in [0.15, 0.2) is 0 Å². The van der Waals surface area contributed by atoms with Gasteiger partial charge in [-0.15, -0.1) is 0 Å². The fourth-order valence-corrected chi connectivity index (χ4v) is 2.40. The van der Waals surface area contributed by atoms with Crippen LogP contribution in [-0.2, 0) is 13.1 Å². The summed E-state index contributed by atoms with van der Waals surface area (Å²) in [6, 6.07) is 5.47. The van der Waals surface area contributed by atoms with Crippen LogP contribution in [0.3, 0.4) is 0 Å². The average molecular weight is 341 g/mol. The Morgan fingerprint density at radius 3 is 2.41 bits per heavy atom. The highest BCUT2D eigenvalue weighted by Gasteiger charge is 2.10. The van der Waals surface area contributed by atoms with E-state index in [1.165, 1.54) is 0 Å². The minimum atomic E-state index is 0.214. The summed E-state index contributed by atoms with van der Waals surface area (Å²) >= 11 is 12.1. The molecule has 1 aromatic heterocycles. The summed E-state index contributed by atoms with van der Waals surface area (Å²) in [5.74, 6) is 1.37. The molecule has 1 heterocycles. The van der Waals surface area contributed by atoms with Crippen molar-refractivity contribution in [1.82, 2.24) is 19.9 Å². The molecule has 0 aliphatic heterocycles. The van der Waals surface area contributed by atoms with E-state index < -0.39 is 0 Å². The molecule has 6 nitrogen and oxygen atoms in total. The number of nitrogens with zero attached hydrogens (tertiary/aromatic N) is 5. The van der Waals surface area contributed by atoms with Crippen molar-refractivity contribution in [1.29, 1.82) is 0 Å². The Morgan fingerprint density at radius 1 is 1.05 bits per heavy atom. The first kappa shape index (κ1) is 16.7. The number of hydrogen-bond donors (Lipinski definition) is 1. The first-order valence-corrected chi connectivity index (χ1v) is 7.41. The number of nitrogens with two attached hydrogens (primary N) is 1. The Kier molecular flexibility index (Phi) is 5.39. The quantitative estimate of drug-likeness (QED) is 0.901. The number of hydrogen-bond acceptors (Lipinski definition) is 6. The second-order valence-electron chi connectivity index (χ2n) is 5.21. The fourth-order valence-electron chi connectivity index (χ4n) is 1.93. The third-order valence-electron chi connectivity index (χ3n) is 2.95. The highest BCUT2D eigenvalue weighted by Crippen LogP contribution is 2.22. The first-order valence-electron chi connectivity index (χ1n) is 6.65. The van der Waals surface area contributed by atoms with Crippen molar-refractivity contribution < 1.29 is 0 Å². The van der Waals surface area contributed by atoms with Crippen LogP contribution < -0.4 is 10.6 Å². The van der Waals surface area contributed by atoms with E-state index in [-0.39, 0.29) is 5.95 Å². The molecular weight excluding hydrogens is 323 g/mol. The van der Waals surface area contributed by atoms with Gasteiger partial charge in [0.1, 0.15) is 5.82 Å². The molecule has 0 aliphatic carbocycles. The maximum absolute atomic E-state index is 6.19. The molecule has 0 aliphatic rings. The molecule has 0 fully saturated rings. The predicted molar refractivity (Wildman–Crippen MR) is 90.2 cm³/mol. The van der Waals surface area contributed by atoms with Crippen LogP contribution >= 0.6 is 23.2 Å². The Hall–Kier alpha value is -1.63. The molecule has 1 aromatic carbocycles. The molecular formula is C14H18Cl2N6. The maximum atomic E-state index is 6.19. The minimum absolute atomic E-state index is 0.214. The van der Waals surface area contributed by atoms with Crippen molar-refractivity contribution >= 4 is 35.1 Å². The molecule has 0 unspecified atom stereocenters. The third kappa shape index (κ3) is 4.43. The van der Waals surface area contributed by atoms with Gasteiger partial charge < -0.3 is 10.6 Å². The fraction of sp³-hybridized carbons (Fsp3) is 0.357. The molecule has 0 spiro atoms. The number of anilines is 2. The molecule has 0 atom stereocenters. The van der Waals surface area contributed by atoms with E-state index in [4.69, 9.17) is 28.9 Å². The van der Waals surface area contributed by atoms with E-state index in [0.717, 1.165) is 5.56 Å². The van der Waals surface area contributed by atoms with Crippen molar-refractivity contribution in [3.63, 3.8) is 0 Å². The van der Waals surface area contributed by atoms with Gasteiger partial charge in [-0.3, -0.25) is 4.90 Å². The van der Waals surface area contributed by atoms with Crippen LogP contribution in [0.1, 0.15) is 11.4 Å². The summed E-state index contributed by atoms with van der Waals surface area (Å²) in [6.07, 6.45) is 0. The second kappa shape index (κ2) is 7.09. The van der Waals surface area contributed by atoms with Crippen LogP contribution in [0.4, 0.5) is 11.9 Å². The summed E-state index contributed by atoms with van der Waals surface area (Å²) < 4.78 is 0. The van der Waals surface area contributed by atoms with Crippen molar-refractivity contribution in [2.75, 3.05) is 31.8 Å². The summed E-state index contributed by atoms with van der Waals surface area (Å²) in [5, 5.41) is 1.26. The normalized spacial score (nSPS) is 11.0. The Bertz CT molecular complexity index is 662. The lowest BCUT2D eigenvalue weighted by molar-refractivity contribution is 0.310. The number of halogens is 2. The number of aromatic nitrogens is 3. The van der Waals surface area contributed by atoms with E-state index in [2.05, 4.69) is 15.0 Å². The number of benzene rings is 1. The van der Waals surface area contributed by atoms with Crippen LogP contribution in [-0.4, -0.2) is 41.0 Å². The molecule has 0 radical (unpaired) electrons. The zero-order valence-electron chi connectivity index (χ0n) is 12.7. The maximum Gasteiger partial charge on any atom is 0.229 e. The van der Waals surface area contributed by atoms with E-state index in [9.17, 15) is 0 Å². The van der Waals surface area contributed by atoms with Crippen molar-refractivity contribution in [2.24, 2.45) is 0 Å². The van der Waals surface area contributed by atoms with Crippen LogP contribution in [0.5, 0.6) is 0 Å². The SMILES string of the molecule is CN(Cc1nc(N)nc(N(C)C)n1)Cc1ccc(Cl)cc1Cl. The molecule has 0 saturated carbocycles. The van der Waals surface area contributed by atoms with Gasteiger partial charge in [-0.25, -0.2) is 0 Å². The van der Waals surface area contributed by atoms with Crippen LogP contribution in [0, 0.1) is 0 Å². The second-order valence-corrected chi connectivity index (χ2v) is 6.06. The zero-order valence-corrected chi connectivity index (χ0v) is 14.2. The standard InChI is InChI=1S/C14H18Cl2N6/c1-21(2)14-19-12(18-13(17)20-14)8-22(3)7-9-4-5-10(15)6-11(9)16/h4-6H,7-8H2,1-3H3,(H2,17,18,19,20). The lowest BCUT2D eigenvalue weighted by atomic mass is 10.2. The predicted octanol–water partition coefficient (Wildman–Crippen LogP) is 2.46. The van der Waals surface area contributed by atoms with Crippen molar-refractivity contribution in [3.05, 3.63) is 39.6 Å². The van der Waals surface area contributed by atoms with E-state index >= 15 is 0 Å². The lowest BCUT2D eigenvalue weighted by Gasteiger charge is -2.18. The molecule has 0 amide bonds. The smallest absolute Gasteiger partial charge is 0.229 e. The molecule has 22 heavy (non-hydrogen) atoms. The summed E-state index contributed by atoms with van der Waals surface area (Å²) in [7, 11) is 5.67. The Balaban J connectivity index is 2.10. The van der Waals surface area contributed by atoms with Gasteiger partial charge in [-0.2, -0.15) is 15.0 Å². The Morgan fingerprint density at radius 2 is 1.77 bits per heavy atom. The Labute approximate surface area is 139 Å². The molecule has 118 valence electrons. The lowest BCUT2D eigenvalue weighted by Crippen LogP contribution is -2.22. The monoisotopic (exact) mass is 340 g/mol. The van der Waals surface area contributed by atoms with E-state index in [0.29, 0.717) is 34.9 Å². The van der Waals surface area contributed by atoms with Crippen LogP contribution in [0.2, 0.25) is 10.0 Å². The topological polar surface area (TPSA) is 71.2 Å². The van der Waals surface area contributed by atoms with Gasteiger partial charge in [0.2, 0.25) is 11.9 Å². The molecule has 0 bridgehead atoms. The molecule has 8 heteroatoms. The minimum Gasteiger partial charge on any atom is -0.368 e. The zero-order chi connectivity index (χ0) is 16.3. The summed E-state index contributed by atoms with van der Waals surface area (Å²) in [6.45, 7) is 1.19. The van der Waals surface area contributed by atoms with E-state index in [1.54, 1.807) is 11.0 Å². The summed E-state index contributed by atoms with van der Waals surface area (Å²) in [4.78, 5) is 16.5. The third-order valence-corrected chi connectivity index (χ3v) is 3.54.